The fourth-order valence-corrected chi connectivity index (χ4v) is 4.52. The van der Waals surface area contributed by atoms with E-state index in [1.54, 1.807) is 16.8 Å². The third kappa shape index (κ3) is 2.12. The van der Waals surface area contributed by atoms with Crippen molar-refractivity contribution in [2.24, 2.45) is 17.8 Å². The Labute approximate surface area is 144 Å². The predicted octanol–water partition coefficient (Wildman–Crippen LogP) is 1.62. The Kier molecular flexibility index (Phi) is 3.02. The van der Waals surface area contributed by atoms with Gasteiger partial charge in [-0.05, 0) is 31.1 Å². The van der Waals surface area contributed by atoms with Crippen LogP contribution in [0.4, 0.5) is 16.0 Å². The summed E-state index contributed by atoms with van der Waals surface area (Å²) in [6.45, 7) is 4.27. The molecule has 3 fully saturated rings. The summed E-state index contributed by atoms with van der Waals surface area (Å²) in [5.41, 5.74) is 0.646. The summed E-state index contributed by atoms with van der Waals surface area (Å²) in [6.07, 6.45) is 2.90. The maximum atomic E-state index is 15.3. The minimum atomic E-state index is -0.746. The number of hydrogen-bond acceptors (Lipinski definition) is 5. The highest BCUT2D eigenvalue weighted by Gasteiger charge is 2.56. The molecule has 8 heteroatoms. The summed E-state index contributed by atoms with van der Waals surface area (Å²) in [6, 6.07) is 2.09. The van der Waals surface area contributed by atoms with Crippen LogP contribution >= 0.6 is 0 Å². The molecule has 3 unspecified atom stereocenters. The smallest absolute Gasteiger partial charge is 0.303 e. The molecule has 0 spiro atoms. The zero-order chi connectivity index (χ0) is 17.3. The zero-order valence-corrected chi connectivity index (χ0v) is 14.0. The van der Waals surface area contributed by atoms with Crippen molar-refractivity contribution in [3.05, 3.63) is 18.1 Å². The van der Waals surface area contributed by atoms with Gasteiger partial charge >= 0.3 is 5.97 Å². The average Bonchev–Trinajstić information content (AvgIpc) is 2.97. The molecule has 0 radical (unpaired) electrons. The highest BCUT2D eigenvalue weighted by molar-refractivity contribution is 5.68. The van der Waals surface area contributed by atoms with Crippen LogP contribution in [-0.4, -0.2) is 51.4 Å². The molecule has 2 saturated heterocycles. The number of anilines is 2. The first-order valence-corrected chi connectivity index (χ1v) is 8.81. The fraction of sp³-hybridized carbons (Fsp3) is 0.588. The van der Waals surface area contributed by atoms with Crippen LogP contribution in [0.5, 0.6) is 0 Å². The summed E-state index contributed by atoms with van der Waals surface area (Å²) < 4.78 is 16.9. The number of aliphatic carboxylic acids is 1. The van der Waals surface area contributed by atoms with E-state index >= 15 is 4.39 Å². The molecule has 132 valence electrons. The van der Waals surface area contributed by atoms with Crippen LogP contribution in [-0.2, 0) is 4.79 Å². The Morgan fingerprint density at radius 2 is 2.16 bits per heavy atom. The summed E-state index contributed by atoms with van der Waals surface area (Å²) in [5.74, 6) is 0.737. The number of fused-ring (bicyclic) bond motifs is 2. The lowest BCUT2D eigenvalue weighted by Crippen LogP contribution is -2.47. The summed E-state index contributed by atoms with van der Waals surface area (Å²) in [5, 5.41) is 13.2. The topological polar surface area (TPSA) is 74.0 Å². The van der Waals surface area contributed by atoms with Crippen LogP contribution in [0.2, 0.25) is 0 Å². The first-order chi connectivity index (χ1) is 12.0. The van der Waals surface area contributed by atoms with E-state index in [0.717, 1.165) is 13.0 Å². The first kappa shape index (κ1) is 14.9. The van der Waals surface area contributed by atoms with Gasteiger partial charge in [0.05, 0.1) is 6.20 Å². The molecule has 2 aliphatic heterocycles. The molecule has 5 rings (SSSR count). The van der Waals surface area contributed by atoms with Crippen molar-refractivity contribution in [3.63, 3.8) is 0 Å². The summed E-state index contributed by atoms with van der Waals surface area (Å²) >= 11 is 0. The van der Waals surface area contributed by atoms with E-state index in [1.165, 1.54) is 0 Å². The van der Waals surface area contributed by atoms with Crippen molar-refractivity contribution >= 4 is 23.3 Å². The van der Waals surface area contributed by atoms with Crippen molar-refractivity contribution in [2.45, 2.75) is 25.8 Å². The van der Waals surface area contributed by atoms with Gasteiger partial charge in [-0.2, -0.15) is 14.0 Å². The molecule has 7 nitrogen and oxygen atoms in total. The van der Waals surface area contributed by atoms with Gasteiger partial charge in [0.15, 0.2) is 17.3 Å². The lowest BCUT2D eigenvalue weighted by Gasteiger charge is -2.40. The second kappa shape index (κ2) is 5.06. The average molecular weight is 345 g/mol. The largest absolute Gasteiger partial charge is 0.481 e. The van der Waals surface area contributed by atoms with Crippen molar-refractivity contribution in [1.82, 2.24) is 14.6 Å². The molecule has 3 aliphatic rings. The number of nitrogens with zero attached hydrogens (tertiary/aromatic N) is 5. The number of rotatable bonds is 4. The molecule has 1 N–H and O–H groups in total. The molecule has 0 bridgehead atoms. The van der Waals surface area contributed by atoms with Gasteiger partial charge in [-0.3, -0.25) is 4.79 Å². The number of halogens is 1. The van der Waals surface area contributed by atoms with E-state index in [9.17, 15) is 4.79 Å². The van der Waals surface area contributed by atoms with Crippen molar-refractivity contribution < 1.29 is 14.3 Å². The predicted molar refractivity (Wildman–Crippen MR) is 89.3 cm³/mol. The summed E-state index contributed by atoms with van der Waals surface area (Å²) in [4.78, 5) is 19.4. The van der Waals surface area contributed by atoms with Crippen molar-refractivity contribution in [1.29, 1.82) is 0 Å². The number of hydrogen-bond donors (Lipinski definition) is 1. The molecule has 4 heterocycles. The highest BCUT2D eigenvalue weighted by atomic mass is 19.1. The number of carbonyl (C=O) groups is 1. The van der Waals surface area contributed by atoms with Crippen LogP contribution in [0.15, 0.2) is 12.3 Å². The van der Waals surface area contributed by atoms with E-state index < -0.39 is 5.97 Å². The van der Waals surface area contributed by atoms with Gasteiger partial charge in [-0.25, -0.2) is 4.98 Å². The second-order valence-corrected chi connectivity index (χ2v) is 7.50. The second-order valence-electron chi connectivity index (χ2n) is 7.50. The van der Waals surface area contributed by atoms with Crippen LogP contribution in [0, 0.1) is 23.6 Å². The maximum Gasteiger partial charge on any atom is 0.303 e. The van der Waals surface area contributed by atoms with E-state index in [-0.39, 0.29) is 18.2 Å². The molecule has 2 aromatic rings. The molecular formula is C17H20FN5O2. The van der Waals surface area contributed by atoms with Gasteiger partial charge in [-0.1, -0.05) is 0 Å². The van der Waals surface area contributed by atoms with E-state index in [4.69, 9.17) is 5.11 Å². The minimum absolute atomic E-state index is 0.218. The summed E-state index contributed by atoms with van der Waals surface area (Å²) in [7, 11) is 0. The molecule has 0 amide bonds. The Morgan fingerprint density at radius 3 is 2.76 bits per heavy atom. The molecular weight excluding hydrogens is 325 g/mol. The van der Waals surface area contributed by atoms with E-state index in [2.05, 4.69) is 17.0 Å². The maximum absolute atomic E-state index is 15.3. The Hall–Kier alpha value is -2.38. The molecule has 1 aliphatic carbocycles. The highest BCUT2D eigenvalue weighted by Crippen LogP contribution is 2.54. The lowest BCUT2D eigenvalue weighted by molar-refractivity contribution is -0.137. The van der Waals surface area contributed by atoms with Crippen LogP contribution < -0.4 is 9.80 Å². The van der Waals surface area contributed by atoms with Crippen molar-refractivity contribution in [2.75, 3.05) is 29.4 Å². The number of carboxylic acid groups (broad SMARTS) is 1. The van der Waals surface area contributed by atoms with Gasteiger partial charge < -0.3 is 14.9 Å². The van der Waals surface area contributed by atoms with E-state index in [0.29, 0.717) is 48.3 Å². The third-order valence-corrected chi connectivity index (χ3v) is 6.11. The Bertz CT molecular complexity index is 856. The van der Waals surface area contributed by atoms with Gasteiger partial charge in [0, 0.05) is 38.2 Å². The molecule has 1 saturated carbocycles. The SMILES string of the molecule is CC1CCN1c1nc2ccnn2c(N2CC3C(CC(=O)O)C3C2)c1F. The monoisotopic (exact) mass is 345 g/mol. The molecule has 25 heavy (non-hydrogen) atoms. The molecule has 2 aromatic heterocycles. The number of aromatic nitrogens is 3. The fourth-order valence-electron chi connectivity index (χ4n) is 4.52. The molecule has 0 aromatic carbocycles. The van der Waals surface area contributed by atoms with Gasteiger partial charge in [-0.15, -0.1) is 0 Å². The Balaban J connectivity index is 1.48. The van der Waals surface area contributed by atoms with Gasteiger partial charge in [0.2, 0.25) is 5.82 Å². The van der Waals surface area contributed by atoms with Crippen molar-refractivity contribution in [3.8, 4) is 0 Å². The lowest BCUT2D eigenvalue weighted by atomic mass is 10.1. The standard InChI is InChI=1S/C17H20FN5O2/c1-9-3-5-22(9)16-15(18)17(23-13(20-16)2-4-19-23)21-7-11-10(6-14(24)25)12(11)8-21/h2,4,9-12H,3,5-8H2,1H3,(H,24,25). The Morgan fingerprint density at radius 1 is 1.40 bits per heavy atom. The van der Waals surface area contributed by atoms with Crippen LogP contribution in [0.25, 0.3) is 5.65 Å². The van der Waals surface area contributed by atoms with Gasteiger partial charge in [0.1, 0.15) is 0 Å². The van der Waals surface area contributed by atoms with Crippen LogP contribution in [0.1, 0.15) is 19.8 Å². The van der Waals surface area contributed by atoms with Crippen LogP contribution in [0.3, 0.4) is 0 Å². The number of carboxylic acids is 1. The minimum Gasteiger partial charge on any atom is -0.481 e. The number of piperidine rings is 1. The zero-order valence-electron chi connectivity index (χ0n) is 14.0. The molecule has 3 atom stereocenters. The van der Waals surface area contributed by atoms with E-state index in [1.807, 2.05) is 9.80 Å². The normalized spacial score (nSPS) is 30.5. The van der Waals surface area contributed by atoms with Gasteiger partial charge in [0.25, 0.3) is 0 Å². The first-order valence-electron chi connectivity index (χ1n) is 8.81. The quantitative estimate of drug-likeness (QED) is 0.908. The third-order valence-electron chi connectivity index (χ3n) is 6.11.